The third-order valence-corrected chi connectivity index (χ3v) is 5.60. The van der Waals surface area contributed by atoms with Gasteiger partial charge in [0.15, 0.2) is 9.84 Å². The molecule has 0 amide bonds. The van der Waals surface area contributed by atoms with Gasteiger partial charge < -0.3 is 5.32 Å². The normalized spacial score (nSPS) is 21.4. The average molecular weight is 253 g/mol. The van der Waals surface area contributed by atoms with Gasteiger partial charge in [0.2, 0.25) is 0 Å². The molecule has 1 N–H and O–H groups in total. The highest BCUT2D eigenvalue weighted by atomic mass is 32.2. The van der Waals surface area contributed by atoms with E-state index in [1.54, 1.807) is 13.0 Å². The fourth-order valence-electron chi connectivity index (χ4n) is 2.33. The van der Waals surface area contributed by atoms with Crippen molar-refractivity contribution < 1.29 is 8.42 Å². The minimum atomic E-state index is -3.04. The molecule has 0 fully saturated rings. The highest BCUT2D eigenvalue weighted by Crippen LogP contribution is 2.31. The van der Waals surface area contributed by atoms with Crippen LogP contribution in [0.1, 0.15) is 24.5 Å². The zero-order valence-corrected chi connectivity index (χ0v) is 11.2. The van der Waals surface area contributed by atoms with Crippen molar-refractivity contribution in [1.82, 2.24) is 5.32 Å². The summed E-state index contributed by atoms with van der Waals surface area (Å²) in [5.74, 6) is 0. The van der Waals surface area contributed by atoms with E-state index in [0.29, 0.717) is 11.3 Å². The lowest BCUT2D eigenvalue weighted by atomic mass is 10.0. The molecule has 1 unspecified atom stereocenters. The first-order valence-electron chi connectivity index (χ1n) is 6.06. The van der Waals surface area contributed by atoms with E-state index in [1.165, 1.54) is 5.56 Å². The molecule has 0 aliphatic carbocycles. The number of fused-ring (bicyclic) bond motifs is 1. The van der Waals surface area contributed by atoms with Crippen LogP contribution in [0, 0.1) is 0 Å². The third-order valence-electron chi connectivity index (χ3n) is 3.36. The van der Waals surface area contributed by atoms with Crippen molar-refractivity contribution in [2.24, 2.45) is 0 Å². The van der Waals surface area contributed by atoms with Crippen LogP contribution in [0.5, 0.6) is 0 Å². The lowest BCUT2D eigenvalue weighted by Crippen LogP contribution is -2.11. The van der Waals surface area contributed by atoms with E-state index in [0.717, 1.165) is 24.9 Å². The number of hydrogen-bond acceptors (Lipinski definition) is 3. The SMILES string of the molecule is CNCCCc1ccc2c(c1)CC(C)S2(=O)=O. The molecule has 0 bridgehead atoms. The summed E-state index contributed by atoms with van der Waals surface area (Å²) in [5.41, 5.74) is 2.24. The van der Waals surface area contributed by atoms with E-state index in [9.17, 15) is 8.42 Å². The summed E-state index contributed by atoms with van der Waals surface area (Å²) in [7, 11) is -1.10. The molecule has 0 saturated heterocycles. The molecule has 4 heteroatoms. The lowest BCUT2D eigenvalue weighted by molar-refractivity contribution is 0.590. The Kier molecular flexibility index (Phi) is 3.54. The van der Waals surface area contributed by atoms with Crippen molar-refractivity contribution in [2.75, 3.05) is 13.6 Å². The number of rotatable bonds is 4. The Balaban J connectivity index is 2.20. The number of aryl methyl sites for hydroxylation is 1. The van der Waals surface area contributed by atoms with Gasteiger partial charge >= 0.3 is 0 Å². The van der Waals surface area contributed by atoms with Gasteiger partial charge in [0.25, 0.3) is 0 Å². The van der Waals surface area contributed by atoms with E-state index < -0.39 is 9.84 Å². The van der Waals surface area contributed by atoms with E-state index >= 15 is 0 Å². The summed E-state index contributed by atoms with van der Waals surface area (Å²) in [6.45, 7) is 2.78. The maximum Gasteiger partial charge on any atom is 0.181 e. The molecule has 1 atom stereocenters. The monoisotopic (exact) mass is 253 g/mol. The minimum Gasteiger partial charge on any atom is -0.320 e. The summed E-state index contributed by atoms with van der Waals surface area (Å²) >= 11 is 0. The number of hydrogen-bond donors (Lipinski definition) is 1. The van der Waals surface area contributed by atoms with Crippen LogP contribution < -0.4 is 5.32 Å². The first-order valence-corrected chi connectivity index (χ1v) is 7.60. The summed E-state index contributed by atoms with van der Waals surface area (Å²) < 4.78 is 23.9. The maximum absolute atomic E-state index is 11.9. The van der Waals surface area contributed by atoms with Crippen LogP contribution >= 0.6 is 0 Å². The summed E-state index contributed by atoms with van der Waals surface area (Å²) in [6.07, 6.45) is 2.75. The second kappa shape index (κ2) is 4.78. The van der Waals surface area contributed by atoms with Crippen molar-refractivity contribution in [3.63, 3.8) is 0 Å². The number of sulfone groups is 1. The molecule has 1 aromatic carbocycles. The van der Waals surface area contributed by atoms with Gasteiger partial charge in [0.1, 0.15) is 0 Å². The largest absolute Gasteiger partial charge is 0.320 e. The predicted molar refractivity (Wildman–Crippen MR) is 69.0 cm³/mol. The molecule has 17 heavy (non-hydrogen) atoms. The van der Waals surface area contributed by atoms with E-state index in [-0.39, 0.29) is 5.25 Å². The van der Waals surface area contributed by atoms with E-state index in [2.05, 4.69) is 11.4 Å². The first-order chi connectivity index (χ1) is 8.05. The Labute approximate surface area is 103 Å². The molecule has 0 spiro atoms. The van der Waals surface area contributed by atoms with Crippen LogP contribution in [0.25, 0.3) is 0 Å². The van der Waals surface area contributed by atoms with Gasteiger partial charge in [-0.05, 0) is 57.0 Å². The molecule has 1 aromatic rings. The molecule has 1 aliphatic rings. The summed E-state index contributed by atoms with van der Waals surface area (Å²) in [6, 6.07) is 5.79. The van der Waals surface area contributed by atoms with Crippen molar-refractivity contribution in [2.45, 2.75) is 36.3 Å². The van der Waals surface area contributed by atoms with Crippen molar-refractivity contribution in [1.29, 1.82) is 0 Å². The number of benzene rings is 1. The van der Waals surface area contributed by atoms with Crippen LogP contribution in [0.4, 0.5) is 0 Å². The molecule has 1 aliphatic heterocycles. The van der Waals surface area contributed by atoms with Crippen molar-refractivity contribution in [3.8, 4) is 0 Å². The topological polar surface area (TPSA) is 46.2 Å². The number of nitrogens with one attached hydrogen (secondary N) is 1. The van der Waals surface area contributed by atoms with E-state index in [4.69, 9.17) is 0 Å². The van der Waals surface area contributed by atoms with Crippen LogP contribution in [0.15, 0.2) is 23.1 Å². The van der Waals surface area contributed by atoms with Gasteiger partial charge in [-0.25, -0.2) is 8.42 Å². The Morgan fingerprint density at radius 2 is 2.18 bits per heavy atom. The van der Waals surface area contributed by atoms with E-state index in [1.807, 2.05) is 13.1 Å². The molecule has 0 radical (unpaired) electrons. The molecule has 0 aromatic heterocycles. The Morgan fingerprint density at radius 3 is 2.88 bits per heavy atom. The molecule has 94 valence electrons. The Morgan fingerprint density at radius 1 is 1.41 bits per heavy atom. The van der Waals surface area contributed by atoms with Gasteiger partial charge in [-0.1, -0.05) is 12.1 Å². The third kappa shape index (κ3) is 2.38. The summed E-state index contributed by atoms with van der Waals surface area (Å²) in [4.78, 5) is 0.544. The second-order valence-corrected chi connectivity index (χ2v) is 7.04. The second-order valence-electron chi connectivity index (χ2n) is 4.71. The molecule has 1 heterocycles. The standard InChI is InChI=1S/C13H19NO2S/c1-10-8-12-9-11(4-3-7-14-2)5-6-13(12)17(10,15)16/h5-6,9-10,14H,3-4,7-8H2,1-2H3. The Bertz CT molecular complexity index is 508. The zero-order valence-electron chi connectivity index (χ0n) is 10.4. The van der Waals surface area contributed by atoms with Crippen LogP contribution in [-0.2, 0) is 22.7 Å². The van der Waals surface area contributed by atoms with Gasteiger partial charge in [0.05, 0.1) is 10.1 Å². The van der Waals surface area contributed by atoms with Crippen molar-refractivity contribution in [3.05, 3.63) is 29.3 Å². The maximum atomic E-state index is 11.9. The summed E-state index contributed by atoms with van der Waals surface area (Å²) in [5, 5.41) is 2.86. The van der Waals surface area contributed by atoms with Crippen molar-refractivity contribution >= 4 is 9.84 Å². The molecular formula is C13H19NO2S. The van der Waals surface area contributed by atoms with Gasteiger partial charge in [-0.3, -0.25) is 0 Å². The van der Waals surface area contributed by atoms with Crippen LogP contribution in [0.3, 0.4) is 0 Å². The fraction of sp³-hybridized carbons (Fsp3) is 0.538. The fourth-order valence-corrected chi connectivity index (χ4v) is 3.93. The highest BCUT2D eigenvalue weighted by molar-refractivity contribution is 7.92. The van der Waals surface area contributed by atoms with Gasteiger partial charge in [-0.15, -0.1) is 0 Å². The van der Waals surface area contributed by atoms with Crippen LogP contribution in [0.2, 0.25) is 0 Å². The molecule has 0 saturated carbocycles. The molecular weight excluding hydrogens is 234 g/mol. The first kappa shape index (κ1) is 12.6. The molecule has 3 nitrogen and oxygen atoms in total. The predicted octanol–water partition coefficient (Wildman–Crippen LogP) is 1.56. The quantitative estimate of drug-likeness (QED) is 0.828. The molecule has 2 rings (SSSR count). The zero-order chi connectivity index (χ0) is 12.5. The highest BCUT2D eigenvalue weighted by Gasteiger charge is 2.33. The van der Waals surface area contributed by atoms with Gasteiger partial charge in [-0.2, -0.15) is 0 Å². The van der Waals surface area contributed by atoms with Gasteiger partial charge in [0, 0.05) is 0 Å². The van der Waals surface area contributed by atoms with Crippen LogP contribution in [-0.4, -0.2) is 27.3 Å². The Hall–Kier alpha value is -0.870. The average Bonchev–Trinajstić information content (AvgIpc) is 2.50. The minimum absolute atomic E-state index is 0.259. The lowest BCUT2D eigenvalue weighted by Gasteiger charge is -2.04. The smallest absolute Gasteiger partial charge is 0.181 e.